The number of carboxylic acid groups (broad SMARTS) is 1. The summed E-state index contributed by atoms with van der Waals surface area (Å²) >= 11 is 0. The molecule has 2 aromatic rings. The van der Waals surface area contributed by atoms with Crippen molar-refractivity contribution in [2.45, 2.75) is 19.9 Å². The number of aliphatic carboxylic acids is 1. The van der Waals surface area contributed by atoms with Crippen LogP contribution in [0.1, 0.15) is 33.1 Å². The van der Waals surface area contributed by atoms with Crippen molar-refractivity contribution in [1.82, 2.24) is 5.32 Å². The Morgan fingerprint density at radius 3 is 2.30 bits per heavy atom. The zero-order valence-corrected chi connectivity index (χ0v) is 13.3. The molecule has 120 valence electrons. The van der Waals surface area contributed by atoms with Gasteiger partial charge in [0, 0.05) is 5.56 Å². The highest BCUT2D eigenvalue weighted by Crippen LogP contribution is 2.19. The summed E-state index contributed by atoms with van der Waals surface area (Å²) in [4.78, 5) is 24.0. The minimum Gasteiger partial charge on any atom is -0.497 e. The van der Waals surface area contributed by atoms with Crippen LogP contribution in [0, 0.1) is 13.8 Å². The Bertz CT molecular complexity index is 722. The highest BCUT2D eigenvalue weighted by molar-refractivity contribution is 5.98. The predicted octanol–water partition coefficient (Wildman–Crippen LogP) is 2.87. The average Bonchev–Trinajstić information content (AvgIpc) is 2.54. The van der Waals surface area contributed by atoms with Crippen LogP contribution in [0.5, 0.6) is 5.75 Å². The van der Waals surface area contributed by atoms with Crippen molar-refractivity contribution in [3.63, 3.8) is 0 Å². The second-order valence-corrected chi connectivity index (χ2v) is 5.34. The van der Waals surface area contributed by atoms with Crippen LogP contribution in [0.15, 0.2) is 42.5 Å². The molecule has 0 aliphatic rings. The Balaban J connectivity index is 2.26. The quantitative estimate of drug-likeness (QED) is 0.890. The Hall–Kier alpha value is -2.82. The maximum absolute atomic E-state index is 12.4. The van der Waals surface area contributed by atoms with Crippen LogP contribution >= 0.6 is 0 Å². The van der Waals surface area contributed by atoms with Gasteiger partial charge in [-0.05, 0) is 43.2 Å². The molecule has 0 heterocycles. The fourth-order valence-electron chi connectivity index (χ4n) is 2.27. The van der Waals surface area contributed by atoms with Crippen LogP contribution in [0.4, 0.5) is 0 Å². The Morgan fingerprint density at radius 2 is 1.74 bits per heavy atom. The molecule has 1 atom stereocenters. The van der Waals surface area contributed by atoms with Crippen molar-refractivity contribution < 1.29 is 19.4 Å². The summed E-state index contributed by atoms with van der Waals surface area (Å²) in [6, 6.07) is 11.0. The highest BCUT2D eigenvalue weighted by Gasteiger charge is 2.23. The topological polar surface area (TPSA) is 75.6 Å². The number of amides is 1. The number of nitrogens with one attached hydrogen (secondary N) is 1. The number of carboxylic acids is 1. The molecule has 0 aliphatic heterocycles. The van der Waals surface area contributed by atoms with E-state index in [2.05, 4.69) is 5.32 Å². The lowest BCUT2D eigenvalue weighted by molar-refractivity contribution is -0.139. The normalized spacial score (nSPS) is 11.6. The Labute approximate surface area is 134 Å². The minimum atomic E-state index is -1.12. The van der Waals surface area contributed by atoms with Gasteiger partial charge >= 0.3 is 5.97 Å². The minimum absolute atomic E-state index is 0.408. The van der Waals surface area contributed by atoms with Crippen LogP contribution in [0.25, 0.3) is 0 Å². The SMILES string of the molecule is COc1ccc([C@@H](NC(=O)c2cc(C)ccc2C)C(=O)O)cc1. The molecule has 0 bridgehead atoms. The fourth-order valence-corrected chi connectivity index (χ4v) is 2.27. The Kier molecular flexibility index (Phi) is 5.01. The van der Waals surface area contributed by atoms with Gasteiger partial charge in [-0.15, -0.1) is 0 Å². The van der Waals surface area contributed by atoms with Crippen LogP contribution < -0.4 is 10.1 Å². The van der Waals surface area contributed by atoms with E-state index in [-0.39, 0.29) is 0 Å². The summed E-state index contributed by atoms with van der Waals surface area (Å²) in [7, 11) is 1.53. The maximum atomic E-state index is 12.4. The van der Waals surface area contributed by atoms with Gasteiger partial charge in [0.25, 0.3) is 5.91 Å². The summed E-state index contributed by atoms with van der Waals surface area (Å²) in [5, 5.41) is 12.0. The van der Waals surface area contributed by atoms with Crippen molar-refractivity contribution in [3.8, 4) is 5.75 Å². The molecule has 5 nitrogen and oxygen atoms in total. The maximum Gasteiger partial charge on any atom is 0.330 e. The Morgan fingerprint density at radius 1 is 1.09 bits per heavy atom. The number of hydrogen-bond donors (Lipinski definition) is 2. The van der Waals surface area contributed by atoms with E-state index in [4.69, 9.17) is 4.74 Å². The molecule has 0 aromatic heterocycles. The van der Waals surface area contributed by atoms with Crippen LogP contribution in [0.3, 0.4) is 0 Å². The molecule has 0 spiro atoms. The summed E-state index contributed by atoms with van der Waals surface area (Å²) in [6.45, 7) is 3.70. The molecular formula is C18H19NO4. The molecule has 5 heteroatoms. The number of carbonyl (C=O) groups excluding carboxylic acids is 1. The summed E-state index contributed by atoms with van der Waals surface area (Å²) in [5.41, 5.74) is 2.70. The zero-order valence-electron chi connectivity index (χ0n) is 13.3. The largest absolute Gasteiger partial charge is 0.497 e. The van der Waals surface area contributed by atoms with E-state index in [1.54, 1.807) is 30.3 Å². The van der Waals surface area contributed by atoms with Gasteiger partial charge in [-0.3, -0.25) is 4.79 Å². The third-order valence-electron chi connectivity index (χ3n) is 3.61. The van der Waals surface area contributed by atoms with Crippen LogP contribution in [-0.4, -0.2) is 24.1 Å². The molecule has 2 rings (SSSR count). The number of benzene rings is 2. The van der Waals surface area contributed by atoms with Gasteiger partial charge in [0.2, 0.25) is 0 Å². The molecule has 1 amide bonds. The van der Waals surface area contributed by atoms with E-state index < -0.39 is 17.9 Å². The van der Waals surface area contributed by atoms with Crippen molar-refractivity contribution in [2.75, 3.05) is 7.11 Å². The highest BCUT2D eigenvalue weighted by atomic mass is 16.5. The van der Waals surface area contributed by atoms with E-state index in [0.717, 1.165) is 11.1 Å². The van der Waals surface area contributed by atoms with E-state index >= 15 is 0 Å². The molecule has 0 saturated heterocycles. The van der Waals surface area contributed by atoms with E-state index in [1.807, 2.05) is 26.0 Å². The predicted molar refractivity (Wildman–Crippen MR) is 86.8 cm³/mol. The third kappa shape index (κ3) is 3.88. The summed E-state index contributed by atoms with van der Waals surface area (Å²) in [6.07, 6.45) is 0. The van der Waals surface area contributed by atoms with Crippen molar-refractivity contribution in [1.29, 1.82) is 0 Å². The number of methoxy groups -OCH3 is 1. The van der Waals surface area contributed by atoms with Crippen LogP contribution in [-0.2, 0) is 4.79 Å². The standard InChI is InChI=1S/C18H19NO4/c1-11-4-5-12(2)15(10-11)17(20)19-16(18(21)22)13-6-8-14(23-3)9-7-13/h4-10,16H,1-3H3,(H,19,20)(H,21,22)/t16-/m1/s1. The van der Waals surface area contributed by atoms with Gasteiger partial charge in [-0.1, -0.05) is 29.8 Å². The number of ether oxygens (including phenoxy) is 1. The number of carbonyl (C=O) groups is 2. The first kappa shape index (κ1) is 16.5. The number of rotatable bonds is 5. The first-order chi connectivity index (χ1) is 10.9. The lowest BCUT2D eigenvalue weighted by atomic mass is 10.0. The van der Waals surface area contributed by atoms with E-state index in [9.17, 15) is 14.7 Å². The fraction of sp³-hybridized carbons (Fsp3) is 0.222. The molecule has 0 saturated carbocycles. The molecule has 2 aromatic carbocycles. The lowest BCUT2D eigenvalue weighted by Crippen LogP contribution is -2.34. The molecule has 0 unspecified atom stereocenters. The van der Waals surface area contributed by atoms with E-state index in [0.29, 0.717) is 16.9 Å². The summed E-state index contributed by atoms with van der Waals surface area (Å²) < 4.78 is 5.05. The van der Waals surface area contributed by atoms with Gasteiger partial charge < -0.3 is 15.2 Å². The second kappa shape index (κ2) is 6.96. The van der Waals surface area contributed by atoms with Gasteiger partial charge in [-0.2, -0.15) is 0 Å². The summed E-state index contributed by atoms with van der Waals surface area (Å²) in [5.74, 6) is -0.901. The molecular weight excluding hydrogens is 294 g/mol. The average molecular weight is 313 g/mol. The molecule has 0 aliphatic carbocycles. The molecule has 2 N–H and O–H groups in total. The number of hydrogen-bond acceptors (Lipinski definition) is 3. The van der Waals surface area contributed by atoms with Gasteiger partial charge in [0.05, 0.1) is 7.11 Å². The van der Waals surface area contributed by atoms with Crippen molar-refractivity contribution >= 4 is 11.9 Å². The first-order valence-corrected chi connectivity index (χ1v) is 7.17. The lowest BCUT2D eigenvalue weighted by Gasteiger charge is -2.16. The van der Waals surface area contributed by atoms with Gasteiger partial charge in [0.15, 0.2) is 6.04 Å². The first-order valence-electron chi connectivity index (χ1n) is 7.17. The van der Waals surface area contributed by atoms with E-state index in [1.165, 1.54) is 7.11 Å². The smallest absolute Gasteiger partial charge is 0.330 e. The zero-order chi connectivity index (χ0) is 17.0. The number of aryl methyl sites for hydroxylation is 2. The monoisotopic (exact) mass is 313 g/mol. The second-order valence-electron chi connectivity index (χ2n) is 5.34. The van der Waals surface area contributed by atoms with Crippen molar-refractivity contribution in [2.24, 2.45) is 0 Å². The van der Waals surface area contributed by atoms with Crippen molar-refractivity contribution in [3.05, 3.63) is 64.7 Å². The third-order valence-corrected chi connectivity index (χ3v) is 3.61. The molecule has 23 heavy (non-hydrogen) atoms. The van der Waals surface area contributed by atoms with Crippen LogP contribution in [0.2, 0.25) is 0 Å². The molecule has 0 radical (unpaired) electrons. The molecule has 0 fully saturated rings. The van der Waals surface area contributed by atoms with Gasteiger partial charge in [0.1, 0.15) is 5.75 Å². The van der Waals surface area contributed by atoms with Gasteiger partial charge in [-0.25, -0.2) is 4.79 Å².